The van der Waals surface area contributed by atoms with Crippen molar-refractivity contribution in [2.75, 3.05) is 25.6 Å². The van der Waals surface area contributed by atoms with Crippen LogP contribution in [0.2, 0.25) is 0 Å². The van der Waals surface area contributed by atoms with Crippen LogP contribution in [0.4, 0.5) is 10.6 Å². The lowest BCUT2D eigenvalue weighted by atomic mass is 10.0. The summed E-state index contributed by atoms with van der Waals surface area (Å²) in [4.78, 5) is 20.0. The molecule has 5 rings (SSSR count). The van der Waals surface area contributed by atoms with Gasteiger partial charge in [0.05, 0.1) is 18.9 Å². The molecule has 0 amide bonds. The summed E-state index contributed by atoms with van der Waals surface area (Å²) in [6.07, 6.45) is -0.770. The standard InChI is InChI=1S/C21H25N5O7/c1-20(2)31-16-15(13-4-5-14-18(22)24-11-25-26(13)14)32-21(23-3,17(16)33-20)10-29-19(27)30-12-6-8-28-9-7-12/h4-5,11-12,15-17H,6-10H2,1-2H3,(H2,22,24,25)/t15-,16-,17-,21+/m0/s1. The van der Waals surface area contributed by atoms with Crippen molar-refractivity contribution in [1.29, 1.82) is 0 Å². The zero-order valence-electron chi connectivity index (χ0n) is 18.3. The number of aromatic nitrogens is 3. The molecule has 0 aliphatic carbocycles. The van der Waals surface area contributed by atoms with E-state index in [0.29, 0.717) is 43.1 Å². The lowest BCUT2D eigenvalue weighted by molar-refractivity contribution is -0.208. The molecular weight excluding hydrogens is 434 g/mol. The molecule has 3 aliphatic heterocycles. The summed E-state index contributed by atoms with van der Waals surface area (Å²) in [6.45, 7) is 12.1. The number of fused-ring (bicyclic) bond motifs is 2. The normalized spacial score (nSPS) is 31.2. The quantitative estimate of drug-likeness (QED) is 0.533. The molecule has 12 nitrogen and oxygen atoms in total. The number of ether oxygens (including phenoxy) is 6. The van der Waals surface area contributed by atoms with Crippen molar-refractivity contribution in [3.8, 4) is 0 Å². The highest BCUT2D eigenvalue weighted by molar-refractivity contribution is 5.65. The first kappa shape index (κ1) is 21.8. The van der Waals surface area contributed by atoms with E-state index in [-0.39, 0.29) is 12.7 Å². The van der Waals surface area contributed by atoms with Crippen LogP contribution in [0, 0.1) is 6.57 Å². The molecule has 0 radical (unpaired) electrons. The number of rotatable bonds is 4. The van der Waals surface area contributed by atoms with Crippen LogP contribution in [0.5, 0.6) is 0 Å². The van der Waals surface area contributed by atoms with Crippen LogP contribution >= 0.6 is 0 Å². The zero-order chi connectivity index (χ0) is 23.2. The summed E-state index contributed by atoms with van der Waals surface area (Å²) in [5, 5.41) is 4.27. The van der Waals surface area contributed by atoms with E-state index in [1.807, 2.05) is 0 Å². The van der Waals surface area contributed by atoms with Crippen LogP contribution in [-0.2, 0) is 28.4 Å². The van der Waals surface area contributed by atoms with Gasteiger partial charge < -0.3 is 29.4 Å². The van der Waals surface area contributed by atoms with Crippen molar-refractivity contribution in [1.82, 2.24) is 14.6 Å². The van der Waals surface area contributed by atoms with Crippen LogP contribution in [-0.4, -0.2) is 70.4 Å². The molecule has 2 N–H and O–H groups in total. The first-order valence-corrected chi connectivity index (χ1v) is 10.7. The fraction of sp³-hybridized carbons (Fsp3) is 0.619. The zero-order valence-corrected chi connectivity index (χ0v) is 18.3. The average molecular weight is 459 g/mol. The van der Waals surface area contributed by atoms with Crippen molar-refractivity contribution in [2.24, 2.45) is 0 Å². The first-order chi connectivity index (χ1) is 15.8. The predicted molar refractivity (Wildman–Crippen MR) is 111 cm³/mol. The molecule has 0 unspecified atom stereocenters. The molecule has 176 valence electrons. The predicted octanol–water partition coefficient (Wildman–Crippen LogP) is 1.85. The summed E-state index contributed by atoms with van der Waals surface area (Å²) in [7, 11) is 0. The Labute approximate surface area is 189 Å². The Morgan fingerprint density at radius 1 is 1.30 bits per heavy atom. The number of nitrogens with two attached hydrogens (primary N) is 1. The molecule has 0 spiro atoms. The van der Waals surface area contributed by atoms with E-state index in [1.54, 1.807) is 30.5 Å². The molecular formula is C21H25N5O7. The Morgan fingerprint density at radius 3 is 2.85 bits per heavy atom. The number of anilines is 1. The number of hydrogen-bond donors (Lipinski definition) is 1. The average Bonchev–Trinajstić information content (AvgIpc) is 3.44. The van der Waals surface area contributed by atoms with Gasteiger partial charge in [0.15, 0.2) is 17.7 Å². The third-order valence-electron chi connectivity index (χ3n) is 6.02. The Kier molecular flexibility index (Phi) is 5.37. The number of nitrogens with zero attached hydrogens (tertiary/aromatic N) is 4. The van der Waals surface area contributed by atoms with Crippen molar-refractivity contribution >= 4 is 17.5 Å². The maximum absolute atomic E-state index is 12.3. The van der Waals surface area contributed by atoms with Gasteiger partial charge >= 0.3 is 11.9 Å². The van der Waals surface area contributed by atoms with Gasteiger partial charge in [0, 0.05) is 12.8 Å². The van der Waals surface area contributed by atoms with Crippen molar-refractivity contribution < 1.29 is 33.2 Å². The molecule has 0 bridgehead atoms. The van der Waals surface area contributed by atoms with Gasteiger partial charge in [0.2, 0.25) is 6.61 Å². The molecule has 3 fully saturated rings. The van der Waals surface area contributed by atoms with E-state index in [9.17, 15) is 4.79 Å². The molecule has 12 heteroatoms. The minimum atomic E-state index is -1.62. The van der Waals surface area contributed by atoms with E-state index in [2.05, 4.69) is 14.9 Å². The molecule has 5 heterocycles. The van der Waals surface area contributed by atoms with Crippen LogP contribution in [0.3, 0.4) is 0 Å². The molecule has 0 aromatic carbocycles. The lowest BCUT2D eigenvalue weighted by Gasteiger charge is -2.26. The molecule has 3 aliphatic rings. The molecule has 3 saturated heterocycles. The fourth-order valence-electron chi connectivity index (χ4n) is 4.50. The van der Waals surface area contributed by atoms with E-state index >= 15 is 0 Å². The van der Waals surface area contributed by atoms with Gasteiger partial charge in [0.1, 0.15) is 30.2 Å². The summed E-state index contributed by atoms with van der Waals surface area (Å²) < 4.78 is 35.9. The van der Waals surface area contributed by atoms with E-state index in [1.165, 1.54) is 6.33 Å². The van der Waals surface area contributed by atoms with Crippen LogP contribution in [0.15, 0.2) is 18.5 Å². The smallest absolute Gasteiger partial charge is 0.431 e. The number of hydrogen-bond acceptors (Lipinski definition) is 10. The Morgan fingerprint density at radius 2 is 2.09 bits per heavy atom. The van der Waals surface area contributed by atoms with Crippen molar-refractivity contribution in [3.63, 3.8) is 0 Å². The van der Waals surface area contributed by atoms with Gasteiger partial charge in [-0.25, -0.2) is 20.9 Å². The van der Waals surface area contributed by atoms with Gasteiger partial charge in [-0.1, -0.05) is 0 Å². The monoisotopic (exact) mass is 459 g/mol. The van der Waals surface area contributed by atoms with E-state index in [0.717, 1.165) is 0 Å². The number of carbonyl (C=O) groups is 1. The number of nitrogen functional groups attached to an aromatic ring is 1. The summed E-state index contributed by atoms with van der Waals surface area (Å²) >= 11 is 0. The van der Waals surface area contributed by atoms with E-state index < -0.39 is 36.0 Å². The molecule has 2 aromatic heterocycles. The molecule has 33 heavy (non-hydrogen) atoms. The van der Waals surface area contributed by atoms with Crippen molar-refractivity contribution in [2.45, 2.75) is 62.6 Å². The Bertz CT molecular complexity index is 1090. The minimum Gasteiger partial charge on any atom is -0.431 e. The first-order valence-electron chi connectivity index (χ1n) is 10.7. The highest BCUT2D eigenvalue weighted by Crippen LogP contribution is 2.50. The third kappa shape index (κ3) is 3.87. The Hall–Kier alpha value is -2.98. The van der Waals surface area contributed by atoms with Crippen LogP contribution in [0.25, 0.3) is 10.4 Å². The lowest BCUT2D eigenvalue weighted by Crippen LogP contribution is -2.45. The fourth-order valence-corrected chi connectivity index (χ4v) is 4.50. The van der Waals surface area contributed by atoms with Gasteiger partial charge in [0.25, 0.3) is 0 Å². The van der Waals surface area contributed by atoms with Gasteiger partial charge in [-0.15, -0.1) is 0 Å². The van der Waals surface area contributed by atoms with Gasteiger partial charge in [-0.2, -0.15) is 5.10 Å². The maximum Gasteiger partial charge on any atom is 0.508 e. The molecule has 2 aromatic rings. The summed E-state index contributed by atoms with van der Waals surface area (Å²) in [5.41, 5.74) is 5.55. The van der Waals surface area contributed by atoms with Crippen molar-refractivity contribution in [3.05, 3.63) is 35.6 Å². The minimum absolute atomic E-state index is 0.276. The molecule has 4 atom stereocenters. The highest BCUT2D eigenvalue weighted by Gasteiger charge is 2.69. The molecule has 0 saturated carbocycles. The second-order valence-corrected chi connectivity index (χ2v) is 8.68. The van der Waals surface area contributed by atoms with Gasteiger partial charge in [-0.05, 0) is 26.0 Å². The largest absolute Gasteiger partial charge is 0.508 e. The summed E-state index contributed by atoms with van der Waals surface area (Å²) in [5.74, 6) is -0.651. The second kappa shape index (κ2) is 8.11. The number of carbonyl (C=O) groups excluding carboxylic acids is 1. The SMILES string of the molecule is [C-]#[N+][C@]1(COC(=O)OC2CCOCC2)O[C@@H](c2ccc3c(N)ncnn23)[C@@H]2OC(C)(C)O[C@@H]21. The third-order valence-corrected chi connectivity index (χ3v) is 6.02. The second-order valence-electron chi connectivity index (χ2n) is 8.68. The topological polar surface area (TPSA) is 133 Å². The van der Waals surface area contributed by atoms with Crippen LogP contribution in [0.1, 0.15) is 38.5 Å². The van der Waals surface area contributed by atoms with Gasteiger partial charge in [-0.3, -0.25) is 9.58 Å². The van der Waals surface area contributed by atoms with E-state index in [4.69, 9.17) is 40.7 Å². The Balaban J connectivity index is 1.39. The maximum atomic E-state index is 12.3. The summed E-state index contributed by atoms with van der Waals surface area (Å²) in [6, 6.07) is 3.56. The highest BCUT2D eigenvalue weighted by atomic mass is 16.8. The van der Waals surface area contributed by atoms with Crippen LogP contribution < -0.4 is 5.73 Å².